The normalized spacial score (nSPS) is 11.0. The first-order valence-electron chi connectivity index (χ1n) is 7.36. The van der Waals surface area contributed by atoms with Gasteiger partial charge in [-0.2, -0.15) is 0 Å². The number of hydrogen-bond acceptors (Lipinski definition) is 3. The first kappa shape index (κ1) is 18.7. The van der Waals surface area contributed by atoms with Crippen molar-refractivity contribution in [2.75, 3.05) is 23.9 Å². The standard InChI is InChI=1S/C17H24N2O4/c1-12(20)18(4)13-7-6-8-14(9-13)19(5)15(21)10-17(2,3)11-16(22)23/h6-9H,10-11H2,1-5H3,(H,22,23). The molecule has 23 heavy (non-hydrogen) atoms. The number of rotatable bonds is 6. The van der Waals surface area contributed by atoms with Gasteiger partial charge in [0, 0.05) is 38.8 Å². The Labute approximate surface area is 136 Å². The van der Waals surface area contributed by atoms with Crippen LogP contribution in [0.2, 0.25) is 0 Å². The molecule has 0 fully saturated rings. The van der Waals surface area contributed by atoms with E-state index in [1.807, 2.05) is 0 Å². The molecule has 0 bridgehead atoms. The first-order chi connectivity index (χ1) is 10.5. The topological polar surface area (TPSA) is 77.9 Å². The maximum Gasteiger partial charge on any atom is 0.303 e. The minimum Gasteiger partial charge on any atom is -0.481 e. The molecule has 0 aliphatic carbocycles. The Morgan fingerprint density at radius 2 is 1.57 bits per heavy atom. The lowest BCUT2D eigenvalue weighted by Gasteiger charge is -2.26. The zero-order chi connectivity index (χ0) is 17.8. The van der Waals surface area contributed by atoms with Crippen molar-refractivity contribution < 1.29 is 19.5 Å². The number of carboxylic acid groups (broad SMARTS) is 1. The van der Waals surface area contributed by atoms with Crippen molar-refractivity contribution in [3.05, 3.63) is 24.3 Å². The fourth-order valence-electron chi connectivity index (χ4n) is 2.24. The summed E-state index contributed by atoms with van der Waals surface area (Å²) in [6.45, 7) is 4.98. The Hall–Kier alpha value is -2.37. The SMILES string of the molecule is CC(=O)N(C)c1cccc(N(C)C(=O)CC(C)(C)CC(=O)O)c1. The van der Waals surface area contributed by atoms with Crippen LogP contribution in [-0.2, 0) is 14.4 Å². The molecule has 0 unspecified atom stereocenters. The van der Waals surface area contributed by atoms with E-state index in [-0.39, 0.29) is 24.7 Å². The van der Waals surface area contributed by atoms with Crippen molar-refractivity contribution in [1.82, 2.24) is 0 Å². The fourth-order valence-corrected chi connectivity index (χ4v) is 2.24. The lowest BCUT2D eigenvalue weighted by Crippen LogP contribution is -2.32. The van der Waals surface area contributed by atoms with Gasteiger partial charge < -0.3 is 14.9 Å². The number of carboxylic acids is 1. The quantitative estimate of drug-likeness (QED) is 0.873. The van der Waals surface area contributed by atoms with Crippen LogP contribution in [0.4, 0.5) is 11.4 Å². The Balaban J connectivity index is 2.90. The Kier molecular flexibility index (Phi) is 5.90. The van der Waals surface area contributed by atoms with Gasteiger partial charge in [0.05, 0.1) is 6.42 Å². The van der Waals surface area contributed by atoms with E-state index in [0.717, 1.165) is 0 Å². The van der Waals surface area contributed by atoms with E-state index in [4.69, 9.17) is 5.11 Å². The van der Waals surface area contributed by atoms with Crippen LogP contribution >= 0.6 is 0 Å². The number of anilines is 2. The van der Waals surface area contributed by atoms with Gasteiger partial charge in [-0.3, -0.25) is 14.4 Å². The van der Waals surface area contributed by atoms with Crippen LogP contribution in [0.5, 0.6) is 0 Å². The number of carbonyl (C=O) groups excluding carboxylic acids is 2. The van der Waals surface area contributed by atoms with Gasteiger partial charge >= 0.3 is 5.97 Å². The maximum absolute atomic E-state index is 12.4. The van der Waals surface area contributed by atoms with Crippen molar-refractivity contribution in [1.29, 1.82) is 0 Å². The Morgan fingerprint density at radius 3 is 2.04 bits per heavy atom. The molecule has 0 radical (unpaired) electrons. The summed E-state index contributed by atoms with van der Waals surface area (Å²) in [6.07, 6.45) is 0.0578. The van der Waals surface area contributed by atoms with E-state index in [9.17, 15) is 14.4 Å². The van der Waals surface area contributed by atoms with Gasteiger partial charge in [0.15, 0.2) is 0 Å². The number of nitrogens with zero attached hydrogens (tertiary/aromatic N) is 2. The van der Waals surface area contributed by atoms with E-state index >= 15 is 0 Å². The van der Waals surface area contributed by atoms with Crippen molar-refractivity contribution in [2.45, 2.75) is 33.6 Å². The molecule has 2 amide bonds. The summed E-state index contributed by atoms with van der Waals surface area (Å²) < 4.78 is 0. The average molecular weight is 320 g/mol. The zero-order valence-electron chi connectivity index (χ0n) is 14.3. The minimum atomic E-state index is -0.921. The molecule has 0 aliphatic rings. The Bertz CT molecular complexity index is 610. The summed E-state index contributed by atoms with van der Waals surface area (Å²) >= 11 is 0. The second-order valence-electron chi connectivity index (χ2n) is 6.46. The maximum atomic E-state index is 12.4. The highest BCUT2D eigenvalue weighted by Gasteiger charge is 2.27. The second kappa shape index (κ2) is 7.26. The number of carbonyl (C=O) groups is 3. The summed E-state index contributed by atoms with van der Waals surface area (Å²) in [6, 6.07) is 7.09. The first-order valence-corrected chi connectivity index (χ1v) is 7.36. The van der Waals surface area contributed by atoms with Crippen molar-refractivity contribution in [3.8, 4) is 0 Å². The highest BCUT2D eigenvalue weighted by atomic mass is 16.4. The van der Waals surface area contributed by atoms with Gasteiger partial charge in [-0.15, -0.1) is 0 Å². The predicted octanol–water partition coefficient (Wildman–Crippen LogP) is 2.52. The molecular weight excluding hydrogens is 296 g/mol. The molecular formula is C17H24N2O4. The van der Waals surface area contributed by atoms with Gasteiger partial charge in [0.2, 0.25) is 11.8 Å². The van der Waals surface area contributed by atoms with Gasteiger partial charge in [0.1, 0.15) is 0 Å². The van der Waals surface area contributed by atoms with Crippen LogP contribution in [-0.4, -0.2) is 37.0 Å². The summed E-state index contributed by atoms with van der Waals surface area (Å²) in [5.74, 6) is -1.19. The van der Waals surface area contributed by atoms with Crippen LogP contribution in [0.25, 0.3) is 0 Å². The third-order valence-electron chi connectivity index (χ3n) is 3.71. The summed E-state index contributed by atoms with van der Waals surface area (Å²) in [5, 5.41) is 8.90. The third-order valence-corrected chi connectivity index (χ3v) is 3.71. The summed E-state index contributed by atoms with van der Waals surface area (Å²) in [7, 11) is 3.31. The van der Waals surface area contributed by atoms with Crippen LogP contribution in [0, 0.1) is 5.41 Å². The van der Waals surface area contributed by atoms with Gasteiger partial charge in [0.25, 0.3) is 0 Å². The highest BCUT2D eigenvalue weighted by Crippen LogP contribution is 2.28. The molecule has 0 atom stereocenters. The van der Waals surface area contributed by atoms with Gasteiger partial charge in [-0.05, 0) is 23.6 Å². The lowest BCUT2D eigenvalue weighted by atomic mass is 9.85. The highest BCUT2D eigenvalue weighted by molar-refractivity contribution is 5.95. The van der Waals surface area contributed by atoms with Crippen LogP contribution < -0.4 is 9.80 Å². The molecule has 1 aromatic carbocycles. The van der Waals surface area contributed by atoms with Crippen LogP contribution in [0.3, 0.4) is 0 Å². The fraction of sp³-hybridized carbons (Fsp3) is 0.471. The lowest BCUT2D eigenvalue weighted by molar-refractivity contribution is -0.139. The number of benzene rings is 1. The second-order valence-corrected chi connectivity index (χ2v) is 6.46. The zero-order valence-corrected chi connectivity index (χ0v) is 14.3. The number of aliphatic carboxylic acids is 1. The van der Waals surface area contributed by atoms with Gasteiger partial charge in [-0.1, -0.05) is 19.9 Å². The van der Waals surface area contributed by atoms with E-state index in [0.29, 0.717) is 11.4 Å². The van der Waals surface area contributed by atoms with Crippen LogP contribution in [0.15, 0.2) is 24.3 Å². The van der Waals surface area contributed by atoms with E-state index in [1.165, 1.54) is 16.7 Å². The monoisotopic (exact) mass is 320 g/mol. The molecule has 0 aliphatic heterocycles. The predicted molar refractivity (Wildman–Crippen MR) is 89.6 cm³/mol. The molecule has 1 rings (SSSR count). The molecule has 0 saturated heterocycles. The molecule has 0 spiro atoms. The van der Waals surface area contributed by atoms with Crippen molar-refractivity contribution in [3.63, 3.8) is 0 Å². The molecule has 126 valence electrons. The molecule has 1 N–H and O–H groups in total. The molecule has 6 nitrogen and oxygen atoms in total. The third kappa shape index (κ3) is 5.39. The number of hydrogen-bond donors (Lipinski definition) is 1. The molecule has 0 heterocycles. The van der Waals surface area contributed by atoms with Crippen molar-refractivity contribution in [2.24, 2.45) is 5.41 Å². The number of amides is 2. The van der Waals surface area contributed by atoms with E-state index in [2.05, 4.69) is 0 Å². The van der Waals surface area contributed by atoms with E-state index in [1.54, 1.807) is 52.2 Å². The minimum absolute atomic E-state index is 0.0697. The largest absolute Gasteiger partial charge is 0.481 e. The van der Waals surface area contributed by atoms with Gasteiger partial charge in [-0.25, -0.2) is 0 Å². The van der Waals surface area contributed by atoms with Crippen molar-refractivity contribution >= 4 is 29.2 Å². The summed E-state index contributed by atoms with van der Waals surface area (Å²) in [5.41, 5.74) is 0.733. The smallest absolute Gasteiger partial charge is 0.303 e. The molecule has 0 aromatic heterocycles. The molecule has 6 heteroatoms. The Morgan fingerprint density at radius 1 is 1.04 bits per heavy atom. The van der Waals surface area contributed by atoms with E-state index < -0.39 is 11.4 Å². The summed E-state index contributed by atoms with van der Waals surface area (Å²) in [4.78, 5) is 37.7. The molecule has 1 aromatic rings. The average Bonchev–Trinajstić information content (AvgIpc) is 2.43. The molecule has 0 saturated carbocycles. The van der Waals surface area contributed by atoms with Crippen LogP contribution in [0.1, 0.15) is 33.6 Å².